The molecule has 90 valence electrons. The van der Waals surface area contributed by atoms with Crippen molar-refractivity contribution in [1.82, 2.24) is 10.0 Å². The Bertz CT molecular complexity index is 261. The third-order valence-electron chi connectivity index (χ3n) is 2.55. The van der Waals surface area contributed by atoms with E-state index < -0.39 is 10.0 Å². The van der Waals surface area contributed by atoms with Gasteiger partial charge in [-0.1, -0.05) is 0 Å². The second-order valence-electron chi connectivity index (χ2n) is 3.74. The van der Waals surface area contributed by atoms with Gasteiger partial charge in [-0.3, -0.25) is 0 Å². The fourth-order valence-electron chi connectivity index (χ4n) is 1.65. The minimum absolute atomic E-state index is 0.187. The van der Waals surface area contributed by atoms with E-state index >= 15 is 0 Å². The van der Waals surface area contributed by atoms with E-state index in [4.69, 9.17) is 0 Å². The normalized spacial score (nSPS) is 19.3. The van der Waals surface area contributed by atoms with Gasteiger partial charge >= 0.3 is 0 Å². The number of piperidine rings is 1. The number of hydrogen-bond donors (Lipinski definition) is 2. The summed E-state index contributed by atoms with van der Waals surface area (Å²) in [6.45, 7) is 2.21. The highest BCUT2D eigenvalue weighted by atomic mass is 32.2. The highest BCUT2D eigenvalue weighted by molar-refractivity contribution is 7.98. The monoisotopic (exact) mass is 252 g/mol. The van der Waals surface area contributed by atoms with Gasteiger partial charge in [0.15, 0.2) is 0 Å². The van der Waals surface area contributed by atoms with Crippen molar-refractivity contribution in [3.8, 4) is 0 Å². The smallest absolute Gasteiger partial charge is 0.214 e. The first-order valence-corrected chi connectivity index (χ1v) is 8.29. The first-order valence-electron chi connectivity index (χ1n) is 5.35. The Morgan fingerprint density at radius 1 is 1.40 bits per heavy atom. The highest BCUT2D eigenvalue weighted by Gasteiger charge is 2.26. The van der Waals surface area contributed by atoms with Gasteiger partial charge in [-0.2, -0.15) is 11.8 Å². The van der Waals surface area contributed by atoms with E-state index in [9.17, 15) is 8.42 Å². The Labute approximate surface area is 96.6 Å². The van der Waals surface area contributed by atoms with E-state index in [1.165, 1.54) is 0 Å². The summed E-state index contributed by atoms with van der Waals surface area (Å²) in [7, 11) is -3.06. The molecule has 1 saturated heterocycles. The molecule has 0 amide bonds. The average molecular weight is 252 g/mol. The molecule has 0 atom stereocenters. The summed E-state index contributed by atoms with van der Waals surface area (Å²) in [4.78, 5) is 0. The van der Waals surface area contributed by atoms with E-state index in [1.807, 2.05) is 6.26 Å². The van der Waals surface area contributed by atoms with Gasteiger partial charge < -0.3 is 5.32 Å². The first-order chi connectivity index (χ1) is 7.17. The van der Waals surface area contributed by atoms with Crippen LogP contribution in [0.3, 0.4) is 0 Å². The fourth-order valence-corrected chi connectivity index (χ4v) is 3.61. The lowest BCUT2D eigenvalue weighted by Crippen LogP contribution is -2.41. The van der Waals surface area contributed by atoms with Crippen molar-refractivity contribution in [3.63, 3.8) is 0 Å². The molecule has 1 rings (SSSR count). The van der Waals surface area contributed by atoms with Crippen LogP contribution in [-0.4, -0.2) is 45.3 Å². The molecule has 1 aliphatic rings. The first kappa shape index (κ1) is 13.3. The van der Waals surface area contributed by atoms with Gasteiger partial charge in [0.25, 0.3) is 0 Å². The predicted molar refractivity (Wildman–Crippen MR) is 65.8 cm³/mol. The van der Waals surface area contributed by atoms with E-state index in [-0.39, 0.29) is 5.25 Å². The number of sulfonamides is 1. The number of rotatable bonds is 6. The van der Waals surface area contributed by atoms with Gasteiger partial charge in [0.05, 0.1) is 5.25 Å². The van der Waals surface area contributed by atoms with Crippen LogP contribution < -0.4 is 10.0 Å². The molecule has 0 aliphatic carbocycles. The molecule has 0 aromatic rings. The fraction of sp³-hybridized carbons (Fsp3) is 1.00. The maximum atomic E-state index is 11.8. The molecule has 1 aliphatic heterocycles. The molecule has 0 bridgehead atoms. The van der Waals surface area contributed by atoms with Crippen LogP contribution in [0, 0.1) is 0 Å². The molecule has 1 fully saturated rings. The molecule has 2 N–H and O–H groups in total. The summed E-state index contributed by atoms with van der Waals surface area (Å²) in [5.74, 6) is 1.01. The summed E-state index contributed by atoms with van der Waals surface area (Å²) in [5.41, 5.74) is 0. The summed E-state index contributed by atoms with van der Waals surface area (Å²) >= 11 is 1.74. The van der Waals surface area contributed by atoms with Gasteiger partial charge in [-0.05, 0) is 44.4 Å². The van der Waals surface area contributed by atoms with Gasteiger partial charge in [0, 0.05) is 6.54 Å². The Balaban J connectivity index is 2.30. The van der Waals surface area contributed by atoms with Crippen molar-refractivity contribution in [2.75, 3.05) is 31.6 Å². The SMILES string of the molecule is CSCCCNS(=O)(=O)C1CCNCC1. The minimum atomic E-state index is -3.06. The van der Waals surface area contributed by atoms with E-state index in [1.54, 1.807) is 11.8 Å². The Kier molecular flexibility index (Phi) is 5.96. The zero-order chi connectivity index (χ0) is 11.1. The zero-order valence-electron chi connectivity index (χ0n) is 9.16. The average Bonchev–Trinajstić information content (AvgIpc) is 2.26. The second-order valence-corrected chi connectivity index (χ2v) is 6.77. The molecule has 0 aromatic carbocycles. The predicted octanol–water partition coefficient (Wildman–Crippen LogP) is 0.411. The Hall–Kier alpha value is 0.220. The molecule has 15 heavy (non-hydrogen) atoms. The van der Waals surface area contributed by atoms with Gasteiger partial charge in [-0.15, -0.1) is 0 Å². The van der Waals surface area contributed by atoms with Crippen molar-refractivity contribution in [1.29, 1.82) is 0 Å². The van der Waals surface area contributed by atoms with E-state index in [0.717, 1.165) is 38.1 Å². The van der Waals surface area contributed by atoms with Crippen molar-refractivity contribution in [3.05, 3.63) is 0 Å². The molecular formula is C9H20N2O2S2. The number of hydrogen-bond acceptors (Lipinski definition) is 4. The highest BCUT2D eigenvalue weighted by Crippen LogP contribution is 2.11. The van der Waals surface area contributed by atoms with Crippen LogP contribution in [0.1, 0.15) is 19.3 Å². The molecule has 0 aromatic heterocycles. The van der Waals surface area contributed by atoms with Crippen LogP contribution in [0.2, 0.25) is 0 Å². The van der Waals surface area contributed by atoms with Gasteiger partial charge in [0.1, 0.15) is 0 Å². The Morgan fingerprint density at radius 3 is 2.67 bits per heavy atom. The quantitative estimate of drug-likeness (QED) is 0.672. The number of thioether (sulfide) groups is 1. The summed E-state index contributed by atoms with van der Waals surface area (Å²) in [6.07, 6.45) is 4.41. The van der Waals surface area contributed by atoms with Crippen LogP contribution in [0.15, 0.2) is 0 Å². The topological polar surface area (TPSA) is 58.2 Å². The minimum Gasteiger partial charge on any atom is -0.317 e. The molecule has 4 nitrogen and oxygen atoms in total. The van der Waals surface area contributed by atoms with Crippen molar-refractivity contribution in [2.24, 2.45) is 0 Å². The summed E-state index contributed by atoms with van der Waals surface area (Å²) in [6, 6.07) is 0. The zero-order valence-corrected chi connectivity index (χ0v) is 10.8. The van der Waals surface area contributed by atoms with Gasteiger partial charge in [0.2, 0.25) is 10.0 Å². The third-order valence-corrected chi connectivity index (χ3v) is 5.21. The molecule has 0 spiro atoms. The van der Waals surface area contributed by atoms with Crippen LogP contribution in [0.5, 0.6) is 0 Å². The lowest BCUT2D eigenvalue weighted by atomic mass is 10.2. The lowest BCUT2D eigenvalue weighted by Gasteiger charge is -2.22. The molecule has 0 unspecified atom stereocenters. The van der Waals surface area contributed by atoms with E-state index in [0.29, 0.717) is 6.54 Å². The van der Waals surface area contributed by atoms with Crippen LogP contribution in [-0.2, 0) is 10.0 Å². The van der Waals surface area contributed by atoms with Gasteiger partial charge in [-0.25, -0.2) is 13.1 Å². The lowest BCUT2D eigenvalue weighted by molar-refractivity contribution is 0.489. The third kappa shape index (κ3) is 4.72. The molecule has 0 saturated carbocycles. The molecule has 6 heteroatoms. The Morgan fingerprint density at radius 2 is 2.07 bits per heavy atom. The van der Waals surface area contributed by atoms with Crippen LogP contribution in [0.25, 0.3) is 0 Å². The van der Waals surface area contributed by atoms with Crippen LogP contribution >= 0.6 is 11.8 Å². The van der Waals surface area contributed by atoms with E-state index in [2.05, 4.69) is 10.0 Å². The molecule has 1 heterocycles. The second kappa shape index (κ2) is 6.73. The largest absolute Gasteiger partial charge is 0.317 e. The maximum absolute atomic E-state index is 11.8. The summed E-state index contributed by atoms with van der Waals surface area (Å²) < 4.78 is 26.3. The summed E-state index contributed by atoms with van der Waals surface area (Å²) in [5, 5.41) is 2.98. The standard InChI is InChI=1S/C9H20N2O2S2/c1-14-8-2-5-11-15(12,13)9-3-6-10-7-4-9/h9-11H,2-8H2,1H3. The van der Waals surface area contributed by atoms with Crippen LogP contribution in [0.4, 0.5) is 0 Å². The molecule has 0 radical (unpaired) electrons. The number of nitrogens with one attached hydrogen (secondary N) is 2. The van der Waals surface area contributed by atoms with Crippen molar-refractivity contribution < 1.29 is 8.42 Å². The molecular weight excluding hydrogens is 232 g/mol. The maximum Gasteiger partial charge on any atom is 0.214 e. The van der Waals surface area contributed by atoms with Crippen molar-refractivity contribution in [2.45, 2.75) is 24.5 Å². The van der Waals surface area contributed by atoms with Crippen molar-refractivity contribution >= 4 is 21.8 Å².